The molecule has 0 fully saturated rings. The summed E-state index contributed by atoms with van der Waals surface area (Å²) >= 11 is -0.0103. The summed E-state index contributed by atoms with van der Waals surface area (Å²) < 4.78 is 42.7. The zero-order valence-corrected chi connectivity index (χ0v) is 15.5. The van der Waals surface area contributed by atoms with E-state index in [-0.39, 0.29) is 19.9 Å². The monoisotopic (exact) mass is 428 g/mol. The molecule has 132 valence electrons. The third kappa shape index (κ3) is 2.73. The molecule has 2 aromatic heterocycles. The predicted molar refractivity (Wildman–Crippen MR) is 102 cm³/mol. The van der Waals surface area contributed by atoms with Gasteiger partial charge in [0.25, 0.3) is 0 Å². The van der Waals surface area contributed by atoms with Crippen LogP contribution < -0.4 is 0 Å². The van der Waals surface area contributed by atoms with E-state index in [1.54, 1.807) is 12.1 Å². The SMILES string of the molecule is FC(F)(F)c1nnc(-c2cc3ccccc3[se]2)c2cc3ccccc3cc12. The Bertz CT molecular complexity index is 1290. The van der Waals surface area contributed by atoms with Crippen LogP contribution in [0.2, 0.25) is 0 Å². The van der Waals surface area contributed by atoms with Crippen molar-refractivity contribution in [2.45, 2.75) is 6.18 Å². The molecule has 0 atom stereocenters. The molecule has 0 amide bonds. The van der Waals surface area contributed by atoms with E-state index < -0.39 is 11.9 Å². The van der Waals surface area contributed by atoms with Gasteiger partial charge in [-0.3, -0.25) is 0 Å². The van der Waals surface area contributed by atoms with E-state index in [0.717, 1.165) is 20.6 Å². The van der Waals surface area contributed by atoms with Crippen LogP contribution in [-0.2, 0) is 6.18 Å². The van der Waals surface area contributed by atoms with Crippen LogP contribution in [0.3, 0.4) is 0 Å². The van der Waals surface area contributed by atoms with E-state index in [0.29, 0.717) is 11.1 Å². The van der Waals surface area contributed by atoms with Gasteiger partial charge in [0.05, 0.1) is 0 Å². The van der Waals surface area contributed by atoms with Gasteiger partial charge < -0.3 is 0 Å². The summed E-state index contributed by atoms with van der Waals surface area (Å²) in [5, 5.41) is 10.9. The van der Waals surface area contributed by atoms with Crippen LogP contribution >= 0.6 is 0 Å². The van der Waals surface area contributed by atoms with Crippen LogP contribution in [0.25, 0.3) is 41.3 Å². The number of rotatable bonds is 1. The van der Waals surface area contributed by atoms with Crippen molar-refractivity contribution in [2.24, 2.45) is 0 Å². The summed E-state index contributed by atoms with van der Waals surface area (Å²) in [6.45, 7) is 0. The van der Waals surface area contributed by atoms with Gasteiger partial charge in [-0.15, -0.1) is 0 Å². The van der Waals surface area contributed by atoms with Crippen molar-refractivity contribution in [3.8, 4) is 10.1 Å². The molecule has 0 aliphatic carbocycles. The first-order chi connectivity index (χ1) is 13.0. The Morgan fingerprint density at radius 3 is 2.00 bits per heavy atom. The number of aromatic nitrogens is 2. The third-order valence-corrected chi connectivity index (χ3v) is 6.93. The molecule has 0 saturated carbocycles. The standard InChI is InChI=1S/C21H11F3N2Se/c22-21(23,24)20-16-10-13-6-2-1-5-12(13)9-15(16)19(25-26-20)18-11-14-7-3-4-8-17(14)27-18/h1-11H. The van der Waals surface area contributed by atoms with Crippen molar-refractivity contribution >= 4 is 45.7 Å². The summed E-state index contributed by atoms with van der Waals surface area (Å²) in [5.41, 5.74) is -0.393. The van der Waals surface area contributed by atoms with Crippen LogP contribution in [0, 0.1) is 0 Å². The molecule has 2 heterocycles. The van der Waals surface area contributed by atoms with Crippen molar-refractivity contribution < 1.29 is 13.2 Å². The molecule has 0 aliphatic heterocycles. The summed E-state index contributed by atoms with van der Waals surface area (Å²) in [6, 6.07) is 20.8. The maximum atomic E-state index is 13.5. The van der Waals surface area contributed by atoms with Gasteiger partial charge in [0.15, 0.2) is 0 Å². The third-order valence-electron chi connectivity index (χ3n) is 4.57. The first kappa shape index (κ1) is 16.5. The predicted octanol–water partition coefficient (Wildman–Crippen LogP) is 5.68. The second-order valence-electron chi connectivity index (χ2n) is 6.29. The number of halogens is 3. The Kier molecular flexibility index (Phi) is 3.61. The second kappa shape index (κ2) is 5.91. The molecular weight excluding hydrogens is 416 g/mol. The quantitative estimate of drug-likeness (QED) is 0.254. The first-order valence-corrected chi connectivity index (χ1v) is 9.97. The van der Waals surface area contributed by atoms with Crippen LogP contribution in [0.5, 0.6) is 0 Å². The number of nitrogens with zero attached hydrogens (tertiary/aromatic N) is 2. The van der Waals surface area contributed by atoms with Crippen molar-refractivity contribution in [3.63, 3.8) is 0 Å². The van der Waals surface area contributed by atoms with Crippen LogP contribution in [0.1, 0.15) is 5.69 Å². The first-order valence-electron chi connectivity index (χ1n) is 8.26. The van der Waals surface area contributed by atoms with Crippen molar-refractivity contribution in [2.75, 3.05) is 0 Å². The molecule has 0 aliphatic rings. The van der Waals surface area contributed by atoms with Gasteiger partial charge in [0.1, 0.15) is 0 Å². The van der Waals surface area contributed by atoms with Crippen molar-refractivity contribution in [1.82, 2.24) is 10.2 Å². The Morgan fingerprint density at radius 2 is 1.33 bits per heavy atom. The minimum absolute atomic E-state index is 0.0103. The molecule has 0 unspecified atom stereocenters. The maximum absolute atomic E-state index is 13.5. The van der Waals surface area contributed by atoms with Gasteiger partial charge in [-0.25, -0.2) is 0 Å². The van der Waals surface area contributed by atoms with Gasteiger partial charge in [0, 0.05) is 0 Å². The Balaban J connectivity index is 1.88. The molecule has 3 aromatic carbocycles. The zero-order valence-electron chi connectivity index (χ0n) is 13.8. The Labute approximate surface area is 158 Å². The van der Waals surface area contributed by atoms with E-state index in [1.165, 1.54) is 4.26 Å². The van der Waals surface area contributed by atoms with E-state index in [9.17, 15) is 13.2 Å². The average molecular weight is 427 g/mol. The molecule has 0 saturated heterocycles. The fraction of sp³-hybridized carbons (Fsp3) is 0.0476. The molecule has 0 spiro atoms. The number of alkyl halides is 3. The molecule has 27 heavy (non-hydrogen) atoms. The van der Waals surface area contributed by atoms with Gasteiger partial charge in [0.2, 0.25) is 0 Å². The second-order valence-corrected chi connectivity index (χ2v) is 8.56. The summed E-state index contributed by atoms with van der Waals surface area (Å²) in [5.74, 6) is 0. The average Bonchev–Trinajstić information content (AvgIpc) is 3.08. The van der Waals surface area contributed by atoms with Crippen molar-refractivity contribution in [3.05, 3.63) is 72.4 Å². The Morgan fingerprint density at radius 1 is 0.704 bits per heavy atom. The molecule has 6 heteroatoms. The molecule has 0 radical (unpaired) electrons. The minimum atomic E-state index is -4.55. The number of fused-ring (bicyclic) bond motifs is 3. The molecule has 5 rings (SSSR count). The van der Waals surface area contributed by atoms with E-state index in [1.807, 2.05) is 54.6 Å². The molecular formula is C21H11F3N2Se. The zero-order chi connectivity index (χ0) is 18.6. The van der Waals surface area contributed by atoms with E-state index in [2.05, 4.69) is 10.2 Å². The van der Waals surface area contributed by atoms with E-state index >= 15 is 0 Å². The molecule has 5 aromatic rings. The fourth-order valence-corrected chi connectivity index (χ4v) is 5.56. The van der Waals surface area contributed by atoms with E-state index in [4.69, 9.17) is 0 Å². The summed E-state index contributed by atoms with van der Waals surface area (Å²) in [4.78, 5) is 0. The van der Waals surface area contributed by atoms with Crippen LogP contribution in [0.4, 0.5) is 13.2 Å². The number of hydrogen-bond donors (Lipinski definition) is 0. The van der Waals surface area contributed by atoms with Crippen LogP contribution in [0.15, 0.2) is 66.7 Å². The molecule has 0 bridgehead atoms. The Hall–Kier alpha value is -2.69. The topological polar surface area (TPSA) is 25.8 Å². The van der Waals surface area contributed by atoms with Crippen LogP contribution in [-0.4, -0.2) is 24.7 Å². The van der Waals surface area contributed by atoms with Gasteiger partial charge in [-0.2, -0.15) is 0 Å². The summed E-state index contributed by atoms with van der Waals surface area (Å²) in [6.07, 6.45) is -4.55. The summed E-state index contributed by atoms with van der Waals surface area (Å²) in [7, 11) is 0. The normalized spacial score (nSPS) is 12.3. The van der Waals surface area contributed by atoms with Gasteiger partial charge in [-0.05, 0) is 0 Å². The van der Waals surface area contributed by atoms with Crippen molar-refractivity contribution in [1.29, 1.82) is 0 Å². The fourth-order valence-electron chi connectivity index (χ4n) is 3.33. The number of benzene rings is 3. The van der Waals surface area contributed by atoms with Gasteiger partial charge in [-0.1, -0.05) is 0 Å². The van der Waals surface area contributed by atoms with Gasteiger partial charge >= 0.3 is 158 Å². The number of hydrogen-bond acceptors (Lipinski definition) is 2. The molecule has 0 N–H and O–H groups in total. The molecule has 2 nitrogen and oxygen atoms in total.